The van der Waals surface area contributed by atoms with Crippen LogP contribution in [0.5, 0.6) is 0 Å². The van der Waals surface area contributed by atoms with Crippen LogP contribution in [0, 0.1) is 0 Å². The number of halogens is 1. The lowest BCUT2D eigenvalue weighted by atomic mass is 10.2. The fourth-order valence-electron chi connectivity index (χ4n) is 3.28. The Labute approximate surface area is 166 Å². The highest BCUT2D eigenvalue weighted by Crippen LogP contribution is 2.43. The number of aromatic nitrogens is 2. The Bertz CT molecular complexity index is 1120. The van der Waals surface area contributed by atoms with Crippen LogP contribution < -0.4 is 10.9 Å². The number of methoxy groups -OCH3 is 2. The van der Waals surface area contributed by atoms with Crippen molar-refractivity contribution in [2.75, 3.05) is 14.2 Å². The first-order chi connectivity index (χ1) is 13.6. The Kier molecular flexibility index (Phi) is 4.84. The summed E-state index contributed by atoms with van der Waals surface area (Å²) < 4.78 is 9.96. The first-order valence-electron chi connectivity index (χ1n) is 8.40. The molecule has 0 bridgehead atoms. The van der Waals surface area contributed by atoms with E-state index in [1.165, 1.54) is 14.2 Å². The average molecular weight is 415 g/mol. The summed E-state index contributed by atoms with van der Waals surface area (Å²) >= 11 is 6.87. The molecule has 0 aliphatic heterocycles. The van der Waals surface area contributed by atoms with Gasteiger partial charge < -0.3 is 19.4 Å². The number of aromatic amines is 2. The molecule has 0 aliphatic rings. The van der Waals surface area contributed by atoms with Gasteiger partial charge >= 0.3 is 11.9 Å². The van der Waals surface area contributed by atoms with E-state index in [1.54, 1.807) is 0 Å². The number of benzene rings is 2. The van der Waals surface area contributed by atoms with E-state index in [0.29, 0.717) is 32.8 Å². The van der Waals surface area contributed by atoms with Crippen molar-refractivity contribution in [3.63, 3.8) is 0 Å². The number of rotatable bonds is 4. The molecule has 0 atom stereocenters. The number of carbonyl (C=O) groups is 2. The molecule has 0 fully saturated rings. The van der Waals surface area contributed by atoms with Gasteiger partial charge in [0, 0.05) is 21.8 Å². The summed E-state index contributed by atoms with van der Waals surface area (Å²) in [6.45, 7) is 0. The van der Waals surface area contributed by atoms with Gasteiger partial charge in [0.2, 0.25) is 0 Å². The quantitative estimate of drug-likeness (QED) is 0.393. The Balaban J connectivity index is 1.97. The zero-order valence-electron chi connectivity index (χ0n) is 15.1. The normalized spacial score (nSPS) is 11.3. The summed E-state index contributed by atoms with van der Waals surface area (Å²) in [6, 6.07) is 14.8. The van der Waals surface area contributed by atoms with E-state index >= 15 is 0 Å². The van der Waals surface area contributed by atoms with Crippen LogP contribution in [0.15, 0.2) is 48.5 Å². The third-order valence-electron chi connectivity index (χ3n) is 4.54. The van der Waals surface area contributed by atoms with Gasteiger partial charge in [0.1, 0.15) is 0 Å². The molecular weight excluding hydrogens is 399 g/mol. The highest BCUT2D eigenvalue weighted by Gasteiger charge is 2.30. The topological polar surface area (TPSA) is 84.2 Å². The van der Waals surface area contributed by atoms with Crippen LogP contribution in [0.1, 0.15) is 20.7 Å². The van der Waals surface area contributed by atoms with Crippen LogP contribution >= 0.6 is 18.5 Å². The second kappa shape index (κ2) is 7.30. The van der Waals surface area contributed by atoms with Crippen LogP contribution in [-0.2, 0) is 9.47 Å². The van der Waals surface area contributed by atoms with Crippen LogP contribution in [0.3, 0.4) is 0 Å². The van der Waals surface area contributed by atoms with Crippen molar-refractivity contribution in [3.05, 3.63) is 59.7 Å². The molecule has 28 heavy (non-hydrogen) atoms. The van der Waals surface area contributed by atoms with Crippen molar-refractivity contribution in [1.82, 2.24) is 9.97 Å². The van der Waals surface area contributed by atoms with E-state index in [1.807, 2.05) is 48.5 Å². The summed E-state index contributed by atoms with van der Waals surface area (Å²) in [5.74, 6) is -0.979. The smallest absolute Gasteiger partial charge is 0.340 e. The number of carbonyl (C=O) groups excluding carboxylic acids is 2. The Morgan fingerprint density at radius 2 is 1.18 bits per heavy atom. The van der Waals surface area contributed by atoms with Crippen LogP contribution in [0.2, 0.25) is 0 Å². The number of esters is 2. The van der Waals surface area contributed by atoms with Crippen molar-refractivity contribution in [2.24, 2.45) is 0 Å². The minimum absolute atomic E-state index is 0.369. The van der Waals surface area contributed by atoms with E-state index < -0.39 is 19.2 Å². The standard InChI is InChI=1S/C20H16ClN2O4P/c1-26-19(24)15-11-7-3-5-9-13(11)22-17(15)28(21)18-16(20(25)27-2)12-8-4-6-10-14(12)23-18/h3-10,22-23H,1-2H3. The zero-order chi connectivity index (χ0) is 19.8. The molecule has 4 aromatic rings. The Morgan fingerprint density at radius 3 is 1.57 bits per heavy atom. The van der Waals surface area contributed by atoms with Gasteiger partial charge in [0.25, 0.3) is 0 Å². The average Bonchev–Trinajstić information content (AvgIpc) is 3.31. The Hall–Kier alpha value is -2.82. The van der Waals surface area contributed by atoms with Gasteiger partial charge in [-0.25, -0.2) is 9.59 Å². The van der Waals surface area contributed by atoms with Crippen molar-refractivity contribution < 1.29 is 19.1 Å². The lowest BCUT2D eigenvalue weighted by Crippen LogP contribution is -2.22. The molecule has 2 heterocycles. The third-order valence-corrected chi connectivity index (χ3v) is 7.01. The first-order valence-corrected chi connectivity index (χ1v) is 10.7. The number of ether oxygens (including phenoxy) is 2. The van der Waals surface area contributed by atoms with E-state index in [4.69, 9.17) is 20.7 Å². The number of hydrogen-bond donors (Lipinski definition) is 2. The van der Waals surface area contributed by atoms with E-state index in [-0.39, 0.29) is 0 Å². The van der Waals surface area contributed by atoms with Gasteiger partial charge in [-0.3, -0.25) is 0 Å². The molecule has 0 saturated carbocycles. The maximum atomic E-state index is 12.5. The second-order valence-electron chi connectivity index (χ2n) is 6.05. The Morgan fingerprint density at radius 1 is 0.786 bits per heavy atom. The maximum Gasteiger partial charge on any atom is 0.340 e. The highest BCUT2D eigenvalue weighted by molar-refractivity contribution is 7.95. The predicted octanol–water partition coefficient (Wildman–Crippen LogP) is 3.81. The lowest BCUT2D eigenvalue weighted by molar-refractivity contribution is 0.0596. The van der Waals surface area contributed by atoms with Gasteiger partial charge in [0.05, 0.1) is 43.5 Å². The molecule has 0 amide bonds. The molecule has 2 aromatic heterocycles. The minimum atomic E-state index is -1.62. The number of para-hydroxylation sites is 2. The largest absolute Gasteiger partial charge is 0.465 e. The van der Waals surface area contributed by atoms with E-state index in [0.717, 1.165) is 11.0 Å². The molecule has 0 unspecified atom stereocenters. The summed E-state index contributed by atoms with van der Waals surface area (Å²) in [5.41, 5.74) is 3.30. The molecule has 8 heteroatoms. The molecule has 0 saturated heterocycles. The first kappa shape index (κ1) is 18.5. The molecule has 2 aromatic carbocycles. The fourth-order valence-corrected chi connectivity index (χ4v) is 5.52. The second-order valence-corrected chi connectivity index (χ2v) is 8.52. The molecule has 0 spiro atoms. The van der Waals surface area contributed by atoms with Crippen molar-refractivity contribution in [2.45, 2.75) is 0 Å². The fraction of sp³-hybridized carbons (Fsp3) is 0.100. The number of H-pyrrole nitrogens is 2. The van der Waals surface area contributed by atoms with Crippen LogP contribution in [-0.4, -0.2) is 36.1 Å². The lowest BCUT2D eigenvalue weighted by Gasteiger charge is -2.11. The van der Waals surface area contributed by atoms with Crippen molar-refractivity contribution >= 4 is 63.1 Å². The summed E-state index contributed by atoms with van der Waals surface area (Å²) in [5, 5.41) is 1.43. The number of fused-ring (bicyclic) bond motifs is 2. The van der Waals surface area contributed by atoms with Gasteiger partial charge in [-0.15, -0.1) is 0 Å². The van der Waals surface area contributed by atoms with Crippen LogP contribution in [0.25, 0.3) is 21.8 Å². The maximum absolute atomic E-state index is 12.5. The van der Waals surface area contributed by atoms with Crippen molar-refractivity contribution in [1.29, 1.82) is 0 Å². The summed E-state index contributed by atoms with van der Waals surface area (Å²) in [6.07, 6.45) is 0. The molecule has 4 rings (SSSR count). The molecule has 2 N–H and O–H groups in total. The molecule has 0 aliphatic carbocycles. The minimum Gasteiger partial charge on any atom is -0.465 e. The van der Waals surface area contributed by atoms with E-state index in [9.17, 15) is 9.59 Å². The molecular formula is C20H16ClN2O4P. The molecule has 142 valence electrons. The van der Waals surface area contributed by atoms with Crippen molar-refractivity contribution in [3.8, 4) is 0 Å². The monoisotopic (exact) mass is 414 g/mol. The highest BCUT2D eigenvalue weighted by atomic mass is 35.7. The van der Waals surface area contributed by atoms with E-state index in [2.05, 4.69) is 9.97 Å². The number of nitrogens with one attached hydrogen (secondary N) is 2. The predicted molar refractivity (Wildman–Crippen MR) is 111 cm³/mol. The zero-order valence-corrected chi connectivity index (χ0v) is 16.7. The molecule has 0 radical (unpaired) electrons. The third kappa shape index (κ3) is 2.86. The van der Waals surface area contributed by atoms with Gasteiger partial charge in [-0.2, -0.15) is 0 Å². The number of hydrogen-bond acceptors (Lipinski definition) is 4. The summed E-state index contributed by atoms with van der Waals surface area (Å²) in [4.78, 5) is 31.5. The van der Waals surface area contributed by atoms with Crippen LogP contribution in [0.4, 0.5) is 0 Å². The summed E-state index contributed by atoms with van der Waals surface area (Å²) in [7, 11) is 1.03. The SMILES string of the molecule is COC(=O)c1c(P(Cl)c2[nH]c3ccccc3c2C(=O)OC)[nH]c2ccccc12. The molecule has 6 nitrogen and oxygen atoms in total. The van der Waals surface area contributed by atoms with Gasteiger partial charge in [0.15, 0.2) is 0 Å². The van der Waals surface area contributed by atoms with Gasteiger partial charge in [-0.1, -0.05) is 47.6 Å². The van der Waals surface area contributed by atoms with Gasteiger partial charge in [-0.05, 0) is 12.1 Å².